The Morgan fingerprint density at radius 1 is 1.53 bits per heavy atom. The molecule has 0 unspecified atom stereocenters. The van der Waals surface area contributed by atoms with Crippen molar-refractivity contribution in [2.45, 2.75) is 24.0 Å². The number of nitrogens with zero attached hydrogens (tertiary/aromatic N) is 4. The summed E-state index contributed by atoms with van der Waals surface area (Å²) in [4.78, 5) is 0. The van der Waals surface area contributed by atoms with Crippen molar-refractivity contribution in [2.24, 2.45) is 0 Å². The zero-order valence-electron chi connectivity index (χ0n) is 8.50. The number of aromatic nitrogens is 4. The Balaban J connectivity index is 2.05. The van der Waals surface area contributed by atoms with Gasteiger partial charge in [-0.25, -0.2) is 4.68 Å². The van der Waals surface area contributed by atoms with Gasteiger partial charge in [0.15, 0.2) is 0 Å². The first-order valence-corrected chi connectivity index (χ1v) is 5.99. The minimum absolute atomic E-state index is 0.390. The summed E-state index contributed by atoms with van der Waals surface area (Å²) in [5.74, 6) is 0.837. The van der Waals surface area contributed by atoms with Gasteiger partial charge in [-0.15, -0.1) is 11.7 Å². The Labute approximate surface area is 92.9 Å². The van der Waals surface area contributed by atoms with Crippen molar-refractivity contribution >= 4 is 11.8 Å². The molecule has 0 radical (unpaired) electrons. The molecule has 0 amide bonds. The predicted molar refractivity (Wildman–Crippen MR) is 57.8 cm³/mol. The predicted octanol–water partition coefficient (Wildman–Crippen LogP) is 1.30. The summed E-state index contributed by atoms with van der Waals surface area (Å²) < 4.78 is 7.23. The molecular weight excluding hydrogens is 212 g/mol. The van der Waals surface area contributed by atoms with Crippen molar-refractivity contribution in [1.82, 2.24) is 20.2 Å². The van der Waals surface area contributed by atoms with Crippen LogP contribution in [-0.2, 0) is 4.74 Å². The highest BCUT2D eigenvalue weighted by atomic mass is 32.2. The van der Waals surface area contributed by atoms with Crippen molar-refractivity contribution in [2.75, 3.05) is 19.0 Å². The molecule has 0 aromatic carbocycles. The normalized spacial score (nSPS) is 17.9. The summed E-state index contributed by atoms with van der Waals surface area (Å²) in [6, 6.07) is 0.390. The van der Waals surface area contributed by atoms with E-state index >= 15 is 0 Å². The number of tetrazole rings is 1. The van der Waals surface area contributed by atoms with Crippen LogP contribution in [0, 0.1) is 0 Å². The molecule has 0 saturated carbocycles. The Hall–Kier alpha value is -0.880. The Morgan fingerprint density at radius 2 is 2.33 bits per heavy atom. The van der Waals surface area contributed by atoms with Gasteiger partial charge in [-0.3, -0.25) is 0 Å². The van der Waals surface area contributed by atoms with Crippen molar-refractivity contribution < 1.29 is 4.74 Å². The molecule has 5 nitrogen and oxygen atoms in total. The molecule has 0 bridgehead atoms. The van der Waals surface area contributed by atoms with Gasteiger partial charge in [-0.1, -0.05) is 17.8 Å². The van der Waals surface area contributed by atoms with E-state index in [1.54, 1.807) is 11.8 Å². The van der Waals surface area contributed by atoms with Crippen molar-refractivity contribution in [3.8, 4) is 0 Å². The third-order valence-electron chi connectivity index (χ3n) is 2.33. The average molecular weight is 226 g/mol. The minimum Gasteiger partial charge on any atom is -0.381 e. The number of ether oxygens (including phenoxy) is 1. The van der Waals surface area contributed by atoms with Crippen LogP contribution >= 0.6 is 11.8 Å². The monoisotopic (exact) mass is 226 g/mol. The highest BCUT2D eigenvalue weighted by Crippen LogP contribution is 2.24. The van der Waals surface area contributed by atoms with Gasteiger partial charge in [-0.2, -0.15) is 0 Å². The van der Waals surface area contributed by atoms with E-state index in [0.29, 0.717) is 6.04 Å². The molecule has 6 heteroatoms. The topological polar surface area (TPSA) is 52.8 Å². The molecule has 0 N–H and O–H groups in total. The summed E-state index contributed by atoms with van der Waals surface area (Å²) in [6.07, 6.45) is 3.84. The van der Waals surface area contributed by atoms with E-state index in [2.05, 4.69) is 22.1 Å². The van der Waals surface area contributed by atoms with Crippen LogP contribution in [0.4, 0.5) is 0 Å². The number of hydrogen-bond acceptors (Lipinski definition) is 5. The SMILES string of the molecule is C=CCSc1nnnn1C1CCOCC1. The highest BCUT2D eigenvalue weighted by Gasteiger charge is 2.20. The van der Waals surface area contributed by atoms with Crippen LogP contribution < -0.4 is 0 Å². The summed E-state index contributed by atoms with van der Waals surface area (Å²) in [7, 11) is 0. The molecule has 1 aliphatic rings. The maximum atomic E-state index is 5.31. The largest absolute Gasteiger partial charge is 0.381 e. The Bertz CT molecular complexity index is 322. The number of thioether (sulfide) groups is 1. The summed E-state index contributed by atoms with van der Waals surface area (Å²) in [5, 5.41) is 12.6. The zero-order chi connectivity index (χ0) is 10.5. The van der Waals surface area contributed by atoms with Crippen LogP contribution in [0.3, 0.4) is 0 Å². The molecule has 82 valence electrons. The van der Waals surface area contributed by atoms with Crippen molar-refractivity contribution in [3.63, 3.8) is 0 Å². The molecule has 1 aromatic heterocycles. The van der Waals surface area contributed by atoms with Crippen LogP contribution in [0.2, 0.25) is 0 Å². The second-order valence-corrected chi connectivity index (χ2v) is 4.34. The fourth-order valence-corrected chi connectivity index (χ4v) is 2.25. The van der Waals surface area contributed by atoms with Gasteiger partial charge in [0.1, 0.15) is 0 Å². The van der Waals surface area contributed by atoms with Crippen LogP contribution in [0.15, 0.2) is 17.8 Å². The molecule has 1 fully saturated rings. The van der Waals surface area contributed by atoms with Gasteiger partial charge in [0.25, 0.3) is 0 Å². The van der Waals surface area contributed by atoms with E-state index in [0.717, 1.165) is 37.0 Å². The van der Waals surface area contributed by atoms with E-state index < -0.39 is 0 Å². The first kappa shape index (κ1) is 10.6. The lowest BCUT2D eigenvalue weighted by Crippen LogP contribution is -2.21. The fraction of sp³-hybridized carbons (Fsp3) is 0.667. The third kappa shape index (κ3) is 2.57. The molecule has 2 rings (SSSR count). The van der Waals surface area contributed by atoms with Crippen LogP contribution in [0.25, 0.3) is 0 Å². The fourth-order valence-electron chi connectivity index (χ4n) is 1.57. The van der Waals surface area contributed by atoms with Gasteiger partial charge in [0.05, 0.1) is 6.04 Å². The Kier molecular flexibility index (Phi) is 3.74. The first-order chi connectivity index (χ1) is 7.42. The highest BCUT2D eigenvalue weighted by molar-refractivity contribution is 7.99. The maximum absolute atomic E-state index is 5.31. The average Bonchev–Trinajstić information content (AvgIpc) is 2.75. The molecule has 1 aromatic rings. The quantitative estimate of drug-likeness (QED) is 0.572. The summed E-state index contributed by atoms with van der Waals surface area (Å²) in [6.45, 7) is 5.29. The number of rotatable bonds is 4. The molecule has 0 atom stereocenters. The van der Waals surface area contributed by atoms with Gasteiger partial charge < -0.3 is 4.74 Å². The molecule has 0 spiro atoms. The zero-order valence-corrected chi connectivity index (χ0v) is 9.32. The van der Waals surface area contributed by atoms with Crippen LogP contribution in [0.1, 0.15) is 18.9 Å². The molecule has 1 aliphatic heterocycles. The maximum Gasteiger partial charge on any atom is 0.209 e. The van der Waals surface area contributed by atoms with E-state index in [-0.39, 0.29) is 0 Å². The lowest BCUT2D eigenvalue weighted by atomic mass is 10.1. The van der Waals surface area contributed by atoms with Gasteiger partial charge in [0.2, 0.25) is 5.16 Å². The van der Waals surface area contributed by atoms with Gasteiger partial charge >= 0.3 is 0 Å². The van der Waals surface area contributed by atoms with E-state index in [4.69, 9.17) is 4.74 Å². The summed E-state index contributed by atoms with van der Waals surface area (Å²) >= 11 is 1.62. The molecule has 2 heterocycles. The second-order valence-electron chi connectivity index (χ2n) is 3.35. The molecular formula is C9H14N4OS. The third-order valence-corrected chi connectivity index (χ3v) is 3.26. The van der Waals surface area contributed by atoms with E-state index in [1.165, 1.54) is 0 Å². The minimum atomic E-state index is 0.390. The molecule has 1 saturated heterocycles. The molecule has 15 heavy (non-hydrogen) atoms. The van der Waals surface area contributed by atoms with Crippen LogP contribution in [-0.4, -0.2) is 39.2 Å². The van der Waals surface area contributed by atoms with Gasteiger partial charge in [0, 0.05) is 19.0 Å². The van der Waals surface area contributed by atoms with Crippen molar-refractivity contribution in [1.29, 1.82) is 0 Å². The van der Waals surface area contributed by atoms with Crippen LogP contribution in [0.5, 0.6) is 0 Å². The van der Waals surface area contributed by atoms with E-state index in [1.807, 2.05) is 10.8 Å². The lowest BCUT2D eigenvalue weighted by Gasteiger charge is -2.22. The van der Waals surface area contributed by atoms with E-state index in [9.17, 15) is 0 Å². The first-order valence-electron chi connectivity index (χ1n) is 5.01. The lowest BCUT2D eigenvalue weighted by molar-refractivity contribution is 0.0631. The van der Waals surface area contributed by atoms with Crippen molar-refractivity contribution in [3.05, 3.63) is 12.7 Å². The number of hydrogen-bond donors (Lipinski definition) is 0. The summed E-state index contributed by atoms with van der Waals surface area (Å²) in [5.41, 5.74) is 0. The van der Waals surface area contributed by atoms with Gasteiger partial charge in [-0.05, 0) is 23.3 Å². The Morgan fingerprint density at radius 3 is 3.07 bits per heavy atom. The molecule has 0 aliphatic carbocycles. The second kappa shape index (κ2) is 5.27. The standard InChI is InChI=1S/C9H14N4OS/c1-2-7-15-9-10-11-12-13(9)8-3-5-14-6-4-8/h2,8H,1,3-7H2. The smallest absolute Gasteiger partial charge is 0.209 e.